The molecule has 2 heterocycles. The predicted octanol–water partition coefficient (Wildman–Crippen LogP) is 4.04. The van der Waals surface area contributed by atoms with Crippen molar-refractivity contribution in [2.24, 2.45) is 11.8 Å². The van der Waals surface area contributed by atoms with Crippen LogP contribution in [0.1, 0.15) is 32.4 Å². The number of Topliss-reactive ketones (excluding diaryl/α,β-unsaturated/α-hetero) is 2. The molecule has 2 aliphatic heterocycles. The van der Waals surface area contributed by atoms with Crippen molar-refractivity contribution in [3.05, 3.63) is 101 Å². The van der Waals surface area contributed by atoms with Crippen molar-refractivity contribution in [1.82, 2.24) is 0 Å². The number of fused-ring (bicyclic) bond motifs is 3. The largest absolute Gasteiger partial charge is 0.349 e. The lowest BCUT2D eigenvalue weighted by molar-refractivity contribution is -0.127. The molecule has 2 saturated heterocycles. The number of ketones is 2. The summed E-state index contributed by atoms with van der Waals surface area (Å²) >= 11 is 6.32. The van der Waals surface area contributed by atoms with Gasteiger partial charge in [-0.2, -0.15) is 0 Å². The molecule has 0 bridgehead atoms. The molecule has 0 unspecified atom stereocenters. The summed E-state index contributed by atoms with van der Waals surface area (Å²) in [5.74, 6) is -4.71. The minimum atomic E-state index is -2.09. The molecule has 0 N–H and O–H groups in total. The van der Waals surface area contributed by atoms with Crippen LogP contribution >= 0.6 is 11.6 Å². The Hall–Kier alpha value is -3.61. The van der Waals surface area contributed by atoms with Crippen LogP contribution in [-0.4, -0.2) is 29.0 Å². The lowest BCUT2D eigenvalue weighted by Gasteiger charge is -2.27. The number of nitrogens with zero attached hydrogens (tertiary/aromatic N) is 1. The van der Waals surface area contributed by atoms with Gasteiger partial charge in [0.05, 0.1) is 28.6 Å². The van der Waals surface area contributed by atoms with Crippen LogP contribution in [0.2, 0.25) is 5.02 Å². The molecule has 0 saturated carbocycles. The van der Waals surface area contributed by atoms with E-state index in [-0.39, 0.29) is 21.8 Å². The van der Waals surface area contributed by atoms with E-state index >= 15 is 0 Å². The average Bonchev–Trinajstić information content (AvgIpc) is 3.40. The van der Waals surface area contributed by atoms with Gasteiger partial charge in [0.25, 0.3) is 0 Å². The van der Waals surface area contributed by atoms with E-state index in [9.17, 15) is 19.2 Å². The van der Waals surface area contributed by atoms with E-state index in [0.29, 0.717) is 5.56 Å². The number of benzene rings is 3. The van der Waals surface area contributed by atoms with Gasteiger partial charge in [-0.3, -0.25) is 19.2 Å². The van der Waals surface area contributed by atoms with Crippen LogP contribution in [0.4, 0.5) is 5.69 Å². The van der Waals surface area contributed by atoms with Gasteiger partial charge < -0.3 is 4.74 Å². The predicted molar refractivity (Wildman–Crippen MR) is 119 cm³/mol. The summed E-state index contributed by atoms with van der Waals surface area (Å²) in [6.07, 6.45) is -0.942. The van der Waals surface area contributed by atoms with Crippen LogP contribution in [-0.2, 0) is 14.3 Å². The molecule has 33 heavy (non-hydrogen) atoms. The first-order valence-corrected chi connectivity index (χ1v) is 10.9. The van der Waals surface area contributed by atoms with Crippen molar-refractivity contribution in [2.45, 2.75) is 11.7 Å². The van der Waals surface area contributed by atoms with Gasteiger partial charge in [-0.1, -0.05) is 78.3 Å². The van der Waals surface area contributed by atoms with Crippen LogP contribution in [0.15, 0.2) is 78.9 Å². The molecular formula is C26H16ClNO5. The summed E-state index contributed by atoms with van der Waals surface area (Å²) in [6.45, 7) is 0. The molecule has 3 atom stereocenters. The molecular weight excluding hydrogens is 442 g/mol. The van der Waals surface area contributed by atoms with Crippen molar-refractivity contribution < 1.29 is 23.9 Å². The summed E-state index contributed by atoms with van der Waals surface area (Å²) in [6, 6.07) is 21.8. The van der Waals surface area contributed by atoms with Crippen molar-refractivity contribution in [3.8, 4) is 0 Å². The Morgan fingerprint density at radius 3 is 1.94 bits per heavy atom. The number of anilines is 1. The Balaban J connectivity index is 1.57. The lowest BCUT2D eigenvalue weighted by Crippen LogP contribution is -2.51. The molecule has 7 heteroatoms. The summed E-state index contributed by atoms with van der Waals surface area (Å²) < 4.78 is 6.22. The monoisotopic (exact) mass is 457 g/mol. The van der Waals surface area contributed by atoms with Gasteiger partial charge in [-0.25, -0.2) is 4.90 Å². The van der Waals surface area contributed by atoms with E-state index in [1.54, 1.807) is 72.8 Å². The summed E-state index contributed by atoms with van der Waals surface area (Å²) in [5, 5.41) is 0.220. The molecule has 6 rings (SSSR count). The van der Waals surface area contributed by atoms with Crippen LogP contribution in [0.25, 0.3) is 0 Å². The Bertz CT molecular complexity index is 1330. The normalized spacial score (nSPS) is 25.1. The maximum absolute atomic E-state index is 13.8. The van der Waals surface area contributed by atoms with Crippen molar-refractivity contribution in [1.29, 1.82) is 0 Å². The van der Waals surface area contributed by atoms with Gasteiger partial charge in [0, 0.05) is 11.1 Å². The van der Waals surface area contributed by atoms with E-state index < -0.39 is 46.9 Å². The fraction of sp³-hybridized carbons (Fsp3) is 0.154. The first-order valence-electron chi connectivity index (χ1n) is 10.5. The van der Waals surface area contributed by atoms with E-state index in [0.717, 1.165) is 4.90 Å². The molecule has 0 aromatic heterocycles. The van der Waals surface area contributed by atoms with Gasteiger partial charge in [0.1, 0.15) is 0 Å². The van der Waals surface area contributed by atoms with E-state index in [2.05, 4.69) is 0 Å². The Morgan fingerprint density at radius 1 is 0.727 bits per heavy atom. The van der Waals surface area contributed by atoms with Crippen molar-refractivity contribution >= 4 is 40.7 Å². The van der Waals surface area contributed by atoms with E-state index in [1.807, 2.05) is 6.07 Å². The second-order valence-corrected chi connectivity index (χ2v) is 8.76. The van der Waals surface area contributed by atoms with Gasteiger partial charge in [-0.15, -0.1) is 0 Å². The average molecular weight is 458 g/mol. The molecule has 3 aliphatic rings. The highest BCUT2D eigenvalue weighted by Crippen LogP contribution is 2.58. The SMILES string of the molecule is O=C1[C@H]2[C@H](c3ccccc3)OC3(C(=O)c4ccccc4C3=O)[C@H]2C(=O)N1c1ccccc1Cl. The third-order valence-corrected chi connectivity index (χ3v) is 7.06. The van der Waals surface area contributed by atoms with Gasteiger partial charge in [-0.05, 0) is 17.7 Å². The van der Waals surface area contributed by atoms with Crippen molar-refractivity contribution in [3.63, 3.8) is 0 Å². The molecule has 1 aliphatic carbocycles. The molecule has 2 amide bonds. The summed E-state index contributed by atoms with van der Waals surface area (Å²) in [7, 11) is 0. The highest BCUT2D eigenvalue weighted by molar-refractivity contribution is 6.39. The summed E-state index contributed by atoms with van der Waals surface area (Å²) in [4.78, 5) is 55.8. The number of hydrogen-bond acceptors (Lipinski definition) is 5. The highest BCUT2D eigenvalue weighted by atomic mass is 35.5. The highest BCUT2D eigenvalue weighted by Gasteiger charge is 2.74. The number of carbonyl (C=O) groups is 4. The number of rotatable bonds is 2. The second-order valence-electron chi connectivity index (χ2n) is 8.36. The Labute approximate surface area is 193 Å². The zero-order valence-corrected chi connectivity index (χ0v) is 17.9. The zero-order chi connectivity index (χ0) is 22.9. The quantitative estimate of drug-likeness (QED) is 0.428. The molecule has 2 fully saturated rings. The van der Waals surface area contributed by atoms with Crippen molar-refractivity contribution in [2.75, 3.05) is 4.90 Å². The van der Waals surface area contributed by atoms with Crippen LogP contribution in [0.5, 0.6) is 0 Å². The number of carbonyl (C=O) groups excluding carboxylic acids is 4. The first-order chi connectivity index (χ1) is 16.0. The second kappa shape index (κ2) is 6.94. The fourth-order valence-corrected chi connectivity index (χ4v) is 5.55. The number of imide groups is 1. The third-order valence-electron chi connectivity index (χ3n) is 6.74. The lowest BCUT2D eigenvalue weighted by atomic mass is 9.77. The van der Waals surface area contributed by atoms with Gasteiger partial charge in [0.15, 0.2) is 0 Å². The molecule has 162 valence electrons. The van der Waals surface area contributed by atoms with Gasteiger partial charge in [0.2, 0.25) is 29.0 Å². The molecule has 3 aromatic carbocycles. The smallest absolute Gasteiger partial charge is 0.241 e. The molecule has 3 aromatic rings. The first kappa shape index (κ1) is 20.0. The van der Waals surface area contributed by atoms with Crippen LogP contribution in [0, 0.1) is 11.8 Å². The number of hydrogen-bond donors (Lipinski definition) is 0. The van der Waals surface area contributed by atoms with E-state index in [4.69, 9.17) is 16.3 Å². The maximum atomic E-state index is 13.8. The van der Waals surface area contributed by atoms with E-state index in [1.165, 1.54) is 0 Å². The molecule has 1 spiro atoms. The minimum Gasteiger partial charge on any atom is -0.349 e. The Kier molecular flexibility index (Phi) is 4.21. The fourth-order valence-electron chi connectivity index (χ4n) is 5.33. The molecule has 0 radical (unpaired) electrons. The number of amides is 2. The summed E-state index contributed by atoms with van der Waals surface area (Å²) in [5.41, 5.74) is -0.848. The maximum Gasteiger partial charge on any atom is 0.241 e. The standard InChI is InChI=1S/C26H16ClNO5/c27-17-12-6-7-13-18(17)28-24(31)19-20(25(28)32)26(33-21(19)14-8-2-1-3-9-14)22(29)15-10-4-5-11-16(15)23(26)30/h1-13,19-21H/t19-,20-,21+/m1/s1. The number of para-hydroxylation sites is 1. The molecule has 6 nitrogen and oxygen atoms in total. The van der Waals surface area contributed by atoms with Crippen LogP contribution < -0.4 is 4.90 Å². The number of halogens is 1. The third kappa shape index (κ3) is 2.47. The minimum absolute atomic E-state index is 0.200. The topological polar surface area (TPSA) is 80.8 Å². The van der Waals surface area contributed by atoms with Gasteiger partial charge >= 0.3 is 0 Å². The van der Waals surface area contributed by atoms with Crippen LogP contribution in [0.3, 0.4) is 0 Å². The zero-order valence-electron chi connectivity index (χ0n) is 17.1. The Morgan fingerprint density at radius 2 is 1.30 bits per heavy atom. The number of ether oxygens (including phenoxy) is 1.